The van der Waals surface area contributed by atoms with Crippen molar-refractivity contribution < 1.29 is 80.2 Å². The maximum absolute atomic E-state index is 13.1. The van der Waals surface area contributed by atoms with Crippen LogP contribution in [-0.4, -0.2) is 96.7 Å². The molecule has 0 aliphatic heterocycles. The largest absolute Gasteiger partial charge is 0.472 e. The monoisotopic (exact) mass is 1350 g/mol. The van der Waals surface area contributed by atoms with E-state index < -0.39 is 97.5 Å². The summed E-state index contributed by atoms with van der Waals surface area (Å²) in [6.45, 7) is 7.25. The number of phosphoric acid groups is 2. The third-order valence-electron chi connectivity index (χ3n) is 17.0. The van der Waals surface area contributed by atoms with Crippen LogP contribution in [0, 0.1) is 5.92 Å². The molecule has 0 radical (unpaired) electrons. The number of aliphatic hydroxyl groups is 1. The van der Waals surface area contributed by atoms with Crippen molar-refractivity contribution in [2.75, 3.05) is 39.6 Å². The predicted octanol–water partition coefficient (Wildman–Crippen LogP) is 21.3. The Morgan fingerprint density at radius 3 is 0.739 bits per heavy atom. The molecule has 0 spiro atoms. The van der Waals surface area contributed by atoms with E-state index in [1.165, 1.54) is 193 Å². The molecule has 0 aromatic carbocycles. The van der Waals surface area contributed by atoms with Crippen LogP contribution in [0.1, 0.15) is 381 Å². The van der Waals surface area contributed by atoms with Gasteiger partial charge in [-0.15, -0.1) is 0 Å². The average Bonchev–Trinajstić information content (AvgIpc) is 3.54. The van der Waals surface area contributed by atoms with Gasteiger partial charge in [-0.25, -0.2) is 9.13 Å². The molecule has 2 unspecified atom stereocenters. The normalized spacial score (nSPS) is 14.0. The molecular weight excluding hydrogens is 1210 g/mol. The van der Waals surface area contributed by atoms with Gasteiger partial charge in [-0.1, -0.05) is 330 Å². The predicted molar refractivity (Wildman–Crippen MR) is 372 cm³/mol. The Kier molecular flexibility index (Phi) is 64.9. The van der Waals surface area contributed by atoms with Crippen molar-refractivity contribution in [3.05, 3.63) is 0 Å². The molecule has 0 aromatic rings. The molecule has 0 rings (SSSR count). The molecule has 17 nitrogen and oxygen atoms in total. The molecule has 0 bridgehead atoms. The number of rotatable bonds is 73. The Morgan fingerprint density at radius 2 is 0.500 bits per heavy atom. The Bertz CT molecular complexity index is 1770. The number of carbonyl (C=O) groups excluding carboxylic acids is 4. The second kappa shape index (κ2) is 66.3. The topological polar surface area (TPSA) is 237 Å². The van der Waals surface area contributed by atoms with Crippen molar-refractivity contribution in [2.24, 2.45) is 5.92 Å². The third kappa shape index (κ3) is 66.7. The van der Waals surface area contributed by atoms with Crippen molar-refractivity contribution in [3.8, 4) is 0 Å². The van der Waals surface area contributed by atoms with E-state index in [0.29, 0.717) is 25.7 Å². The molecule has 0 amide bonds. The molecule has 0 aliphatic carbocycles. The number of carbonyl (C=O) groups is 4. The van der Waals surface area contributed by atoms with Crippen LogP contribution >= 0.6 is 15.6 Å². The summed E-state index contributed by atoms with van der Waals surface area (Å²) in [5.41, 5.74) is 0. The first-order valence-electron chi connectivity index (χ1n) is 38.1. The van der Waals surface area contributed by atoms with Crippen LogP contribution in [0.15, 0.2) is 0 Å². The number of ether oxygens (including phenoxy) is 4. The highest BCUT2D eigenvalue weighted by Crippen LogP contribution is 2.45. The first kappa shape index (κ1) is 90.1. The molecule has 0 fully saturated rings. The van der Waals surface area contributed by atoms with Crippen LogP contribution in [0.3, 0.4) is 0 Å². The number of hydrogen-bond donors (Lipinski definition) is 3. The fraction of sp³-hybridized carbons (Fsp3) is 0.945. The van der Waals surface area contributed by atoms with Crippen LogP contribution < -0.4 is 0 Å². The summed E-state index contributed by atoms with van der Waals surface area (Å²) >= 11 is 0. The van der Waals surface area contributed by atoms with Gasteiger partial charge in [0.1, 0.15) is 19.3 Å². The number of aliphatic hydroxyl groups excluding tert-OH is 1. The number of hydrogen-bond acceptors (Lipinski definition) is 15. The first-order valence-corrected chi connectivity index (χ1v) is 41.1. The van der Waals surface area contributed by atoms with Crippen molar-refractivity contribution in [1.29, 1.82) is 0 Å². The van der Waals surface area contributed by atoms with Crippen LogP contribution in [0.2, 0.25) is 0 Å². The van der Waals surface area contributed by atoms with Crippen molar-refractivity contribution >= 4 is 39.5 Å². The zero-order valence-corrected chi connectivity index (χ0v) is 61.5. The van der Waals surface area contributed by atoms with Gasteiger partial charge in [0.15, 0.2) is 12.2 Å². The lowest BCUT2D eigenvalue weighted by molar-refractivity contribution is -0.161. The zero-order valence-electron chi connectivity index (χ0n) is 59.7. The lowest BCUT2D eigenvalue weighted by Gasteiger charge is -2.21. The van der Waals surface area contributed by atoms with E-state index in [1.54, 1.807) is 0 Å². The lowest BCUT2D eigenvalue weighted by atomic mass is 10.0. The molecule has 0 heterocycles. The molecular formula is C73H142O17P2. The van der Waals surface area contributed by atoms with E-state index in [4.69, 9.17) is 37.0 Å². The first-order chi connectivity index (χ1) is 44.5. The van der Waals surface area contributed by atoms with Crippen molar-refractivity contribution in [3.63, 3.8) is 0 Å². The van der Waals surface area contributed by atoms with Crippen LogP contribution in [0.5, 0.6) is 0 Å². The van der Waals surface area contributed by atoms with Crippen LogP contribution in [-0.2, 0) is 65.4 Å². The number of unbranched alkanes of at least 4 members (excludes halogenated alkanes) is 45. The molecule has 0 saturated carbocycles. The SMILES string of the molecule is CCCCCCCCCCCCCCCCCCC(=O)O[C@H](COC(=O)CCCCCCCCCCCCCCC(C)C)COP(=O)(O)OC[C@@H](O)COP(=O)(O)OC[C@@H](COC(=O)CCCCCCCCC)OC(=O)CCCCCCCCCCCCCCCC. The average molecular weight is 1350 g/mol. The highest BCUT2D eigenvalue weighted by molar-refractivity contribution is 7.47. The fourth-order valence-corrected chi connectivity index (χ4v) is 12.8. The van der Waals surface area contributed by atoms with E-state index in [1.807, 2.05) is 0 Å². The van der Waals surface area contributed by atoms with Gasteiger partial charge in [-0.05, 0) is 31.6 Å². The summed E-state index contributed by atoms with van der Waals surface area (Å²) in [6.07, 6.45) is 54.1. The van der Waals surface area contributed by atoms with Gasteiger partial charge in [0.05, 0.1) is 26.4 Å². The second-order valence-electron chi connectivity index (χ2n) is 26.8. The summed E-state index contributed by atoms with van der Waals surface area (Å²) in [6, 6.07) is 0. The van der Waals surface area contributed by atoms with Crippen molar-refractivity contribution in [2.45, 2.75) is 400 Å². The number of phosphoric ester groups is 2. The smallest absolute Gasteiger partial charge is 0.462 e. The Morgan fingerprint density at radius 1 is 0.293 bits per heavy atom. The Balaban J connectivity index is 5.20. The van der Waals surface area contributed by atoms with Gasteiger partial charge in [0.2, 0.25) is 0 Å². The molecule has 0 saturated heterocycles. The maximum atomic E-state index is 13.1. The van der Waals surface area contributed by atoms with E-state index in [9.17, 15) is 43.2 Å². The third-order valence-corrected chi connectivity index (χ3v) is 18.9. The van der Waals surface area contributed by atoms with Gasteiger partial charge < -0.3 is 33.8 Å². The highest BCUT2D eigenvalue weighted by atomic mass is 31.2. The van der Waals surface area contributed by atoms with E-state index in [0.717, 1.165) is 109 Å². The maximum Gasteiger partial charge on any atom is 0.472 e. The summed E-state index contributed by atoms with van der Waals surface area (Å²) < 4.78 is 68.3. The van der Waals surface area contributed by atoms with Gasteiger partial charge in [-0.2, -0.15) is 0 Å². The number of esters is 4. The minimum Gasteiger partial charge on any atom is -0.462 e. The minimum absolute atomic E-state index is 0.108. The van der Waals surface area contributed by atoms with Gasteiger partial charge in [0.25, 0.3) is 0 Å². The van der Waals surface area contributed by atoms with E-state index in [-0.39, 0.29) is 25.7 Å². The molecule has 92 heavy (non-hydrogen) atoms. The molecule has 0 aliphatic rings. The lowest BCUT2D eigenvalue weighted by Crippen LogP contribution is -2.30. The van der Waals surface area contributed by atoms with E-state index in [2.05, 4.69) is 34.6 Å². The van der Waals surface area contributed by atoms with Crippen LogP contribution in [0.25, 0.3) is 0 Å². The minimum atomic E-state index is -4.95. The second-order valence-corrected chi connectivity index (χ2v) is 29.7. The summed E-state index contributed by atoms with van der Waals surface area (Å²) in [5, 5.41) is 10.6. The molecule has 5 atom stereocenters. The zero-order chi connectivity index (χ0) is 67.7. The molecule has 0 aromatic heterocycles. The summed E-state index contributed by atoms with van der Waals surface area (Å²) in [4.78, 5) is 72.6. The quantitative estimate of drug-likeness (QED) is 0.0222. The van der Waals surface area contributed by atoms with Crippen LogP contribution in [0.4, 0.5) is 0 Å². The molecule has 546 valence electrons. The fourth-order valence-electron chi connectivity index (χ4n) is 11.2. The Hall–Kier alpha value is -1.94. The van der Waals surface area contributed by atoms with Crippen molar-refractivity contribution in [1.82, 2.24) is 0 Å². The van der Waals surface area contributed by atoms with E-state index >= 15 is 0 Å². The van der Waals surface area contributed by atoms with Gasteiger partial charge in [-0.3, -0.25) is 37.3 Å². The summed E-state index contributed by atoms with van der Waals surface area (Å²) in [5.74, 6) is -1.34. The molecule has 19 heteroatoms. The summed E-state index contributed by atoms with van der Waals surface area (Å²) in [7, 11) is -9.90. The Labute approximate surface area is 562 Å². The molecule has 3 N–H and O–H groups in total. The highest BCUT2D eigenvalue weighted by Gasteiger charge is 2.30. The van der Waals surface area contributed by atoms with Gasteiger partial charge >= 0.3 is 39.5 Å². The van der Waals surface area contributed by atoms with Gasteiger partial charge in [0, 0.05) is 25.7 Å². The standard InChI is InChI=1S/C73H142O17P2/c1-6-9-12-15-18-20-22-24-26-27-29-35-39-44-49-54-59-73(78)90-69(63-84-71(76)57-52-47-42-37-33-31-30-32-36-41-45-50-55-66(4)5)65-88-92(81,82)86-61-67(74)60-85-91(79,80)87-64-68(62-83-70(75)56-51-46-40-17-14-11-8-3)89-72(77)58-53-48-43-38-34-28-25-23-21-19-16-13-10-7-2/h66-69,74H,6-65H2,1-5H3,(H,79,80)(H,81,82)/t67-,68+,69+/m0/s1.